The van der Waals surface area contributed by atoms with Crippen molar-refractivity contribution >= 4 is 15.9 Å². The van der Waals surface area contributed by atoms with E-state index < -0.39 is 0 Å². The van der Waals surface area contributed by atoms with Gasteiger partial charge in [0.2, 0.25) is 5.88 Å². The van der Waals surface area contributed by atoms with Gasteiger partial charge in [-0.05, 0) is 52.7 Å². The molecule has 0 aliphatic heterocycles. The summed E-state index contributed by atoms with van der Waals surface area (Å²) in [6, 6.07) is 9.35. The topological polar surface area (TPSA) is 42.4 Å². The number of nitrogens with zero attached hydrogens (tertiary/aromatic N) is 1. The van der Waals surface area contributed by atoms with E-state index in [4.69, 9.17) is 4.74 Å². The van der Waals surface area contributed by atoms with Crippen molar-refractivity contribution in [2.75, 3.05) is 0 Å². The molecule has 2 rings (SSSR count). The molecule has 0 fully saturated rings. The molecule has 88 valence electrons. The Morgan fingerprint density at radius 3 is 2.88 bits per heavy atom. The monoisotopic (exact) mass is 293 g/mol. The van der Waals surface area contributed by atoms with Crippen LogP contribution in [-0.4, -0.2) is 10.1 Å². The van der Waals surface area contributed by atoms with E-state index in [9.17, 15) is 5.11 Å². The van der Waals surface area contributed by atoms with Crippen LogP contribution in [0.4, 0.5) is 0 Å². The summed E-state index contributed by atoms with van der Waals surface area (Å²) in [6.07, 6.45) is 1.64. The number of aliphatic hydroxyl groups excluding tert-OH is 1. The van der Waals surface area contributed by atoms with Crippen LogP contribution in [0.15, 0.2) is 41.0 Å². The minimum atomic E-state index is -0.0906. The summed E-state index contributed by atoms with van der Waals surface area (Å²) >= 11 is 3.44. The van der Waals surface area contributed by atoms with Crippen molar-refractivity contribution in [3.63, 3.8) is 0 Å². The van der Waals surface area contributed by atoms with Gasteiger partial charge in [-0.25, -0.2) is 4.98 Å². The molecule has 3 nitrogen and oxygen atoms in total. The summed E-state index contributed by atoms with van der Waals surface area (Å²) in [6.45, 7) is 1.92. The molecule has 0 saturated heterocycles. The van der Waals surface area contributed by atoms with Gasteiger partial charge in [0.05, 0.1) is 11.1 Å². The van der Waals surface area contributed by atoms with Crippen LogP contribution in [0.3, 0.4) is 0 Å². The molecule has 1 aromatic carbocycles. The Kier molecular flexibility index (Phi) is 3.76. The summed E-state index contributed by atoms with van der Waals surface area (Å²) < 4.78 is 6.54. The van der Waals surface area contributed by atoms with E-state index in [2.05, 4.69) is 20.9 Å². The van der Waals surface area contributed by atoms with Crippen LogP contribution in [0.5, 0.6) is 11.6 Å². The molecule has 1 aromatic heterocycles. The third kappa shape index (κ3) is 2.84. The van der Waals surface area contributed by atoms with Crippen LogP contribution >= 0.6 is 15.9 Å². The lowest BCUT2D eigenvalue weighted by Gasteiger charge is -2.09. The number of aromatic nitrogens is 1. The first kappa shape index (κ1) is 12.1. The molecule has 17 heavy (non-hydrogen) atoms. The molecule has 0 aliphatic carbocycles. The van der Waals surface area contributed by atoms with E-state index in [1.54, 1.807) is 18.3 Å². The highest BCUT2D eigenvalue weighted by Crippen LogP contribution is 2.30. The fourth-order valence-electron chi connectivity index (χ4n) is 1.43. The van der Waals surface area contributed by atoms with Gasteiger partial charge in [0, 0.05) is 11.8 Å². The molecule has 0 amide bonds. The summed E-state index contributed by atoms with van der Waals surface area (Å²) in [5.41, 5.74) is 1.81. The fourth-order valence-corrected chi connectivity index (χ4v) is 2.00. The maximum atomic E-state index is 9.18. The number of rotatable bonds is 3. The van der Waals surface area contributed by atoms with Crippen LogP contribution in [0, 0.1) is 6.92 Å². The lowest BCUT2D eigenvalue weighted by molar-refractivity contribution is 0.275. The molecule has 1 heterocycles. The summed E-state index contributed by atoms with van der Waals surface area (Å²) in [7, 11) is 0. The standard InChI is InChI=1S/C13H12BrNO2/c1-9-4-5-12(11(14)7-9)17-13-10(8-16)3-2-6-15-13/h2-7,16H,8H2,1H3. The van der Waals surface area contributed by atoms with E-state index in [0.29, 0.717) is 17.2 Å². The Hall–Kier alpha value is -1.39. The molecule has 0 spiro atoms. The molecule has 0 aliphatic rings. The maximum Gasteiger partial charge on any atom is 0.224 e. The molecule has 2 aromatic rings. The predicted octanol–water partition coefficient (Wildman–Crippen LogP) is 3.44. The number of aliphatic hydroxyl groups is 1. The first-order valence-corrected chi connectivity index (χ1v) is 5.99. The Bertz CT molecular complexity index is 529. The third-order valence-electron chi connectivity index (χ3n) is 2.31. The van der Waals surface area contributed by atoms with Crippen LogP contribution in [-0.2, 0) is 6.61 Å². The highest BCUT2D eigenvalue weighted by atomic mass is 79.9. The van der Waals surface area contributed by atoms with Gasteiger partial charge in [-0.15, -0.1) is 0 Å². The first-order chi connectivity index (χ1) is 8.20. The minimum absolute atomic E-state index is 0.0906. The van der Waals surface area contributed by atoms with Gasteiger partial charge < -0.3 is 9.84 Å². The zero-order chi connectivity index (χ0) is 12.3. The Labute approximate surface area is 108 Å². The largest absolute Gasteiger partial charge is 0.437 e. The van der Waals surface area contributed by atoms with Crippen molar-refractivity contribution in [1.82, 2.24) is 4.98 Å². The minimum Gasteiger partial charge on any atom is -0.437 e. The number of halogens is 1. The van der Waals surface area contributed by atoms with Crippen molar-refractivity contribution in [3.05, 3.63) is 52.1 Å². The molecule has 0 radical (unpaired) electrons. The van der Waals surface area contributed by atoms with E-state index in [-0.39, 0.29) is 6.61 Å². The molecule has 0 saturated carbocycles. The van der Waals surface area contributed by atoms with Gasteiger partial charge in [-0.1, -0.05) is 6.07 Å². The Morgan fingerprint density at radius 1 is 1.35 bits per heavy atom. The first-order valence-electron chi connectivity index (χ1n) is 5.19. The van der Waals surface area contributed by atoms with Crippen molar-refractivity contribution in [2.45, 2.75) is 13.5 Å². The number of pyridine rings is 1. The zero-order valence-electron chi connectivity index (χ0n) is 9.35. The Morgan fingerprint density at radius 2 is 2.18 bits per heavy atom. The van der Waals surface area contributed by atoms with Gasteiger partial charge >= 0.3 is 0 Å². The van der Waals surface area contributed by atoms with Crippen LogP contribution < -0.4 is 4.74 Å². The lowest BCUT2D eigenvalue weighted by atomic mass is 10.2. The normalized spacial score (nSPS) is 10.3. The highest BCUT2D eigenvalue weighted by Gasteiger charge is 2.07. The van der Waals surface area contributed by atoms with Crippen molar-refractivity contribution in [2.24, 2.45) is 0 Å². The smallest absolute Gasteiger partial charge is 0.224 e. The second kappa shape index (κ2) is 5.29. The molecular formula is C13H12BrNO2. The molecule has 4 heteroatoms. The van der Waals surface area contributed by atoms with E-state index in [0.717, 1.165) is 10.0 Å². The van der Waals surface area contributed by atoms with Crippen LogP contribution in [0.1, 0.15) is 11.1 Å². The summed E-state index contributed by atoms with van der Waals surface area (Å²) in [5, 5.41) is 9.18. The SMILES string of the molecule is Cc1ccc(Oc2ncccc2CO)c(Br)c1. The molecular weight excluding hydrogens is 282 g/mol. The van der Waals surface area contributed by atoms with E-state index in [1.807, 2.05) is 25.1 Å². The number of hydrogen-bond acceptors (Lipinski definition) is 3. The Balaban J connectivity index is 2.31. The van der Waals surface area contributed by atoms with E-state index in [1.165, 1.54) is 0 Å². The van der Waals surface area contributed by atoms with Gasteiger partial charge in [-0.3, -0.25) is 0 Å². The van der Waals surface area contributed by atoms with Crippen molar-refractivity contribution in [1.29, 1.82) is 0 Å². The number of hydrogen-bond donors (Lipinski definition) is 1. The van der Waals surface area contributed by atoms with Crippen LogP contribution in [0.25, 0.3) is 0 Å². The highest BCUT2D eigenvalue weighted by molar-refractivity contribution is 9.10. The second-order valence-electron chi connectivity index (χ2n) is 3.66. The predicted molar refractivity (Wildman–Crippen MR) is 69.1 cm³/mol. The zero-order valence-corrected chi connectivity index (χ0v) is 10.9. The van der Waals surface area contributed by atoms with Gasteiger partial charge in [0.15, 0.2) is 0 Å². The lowest BCUT2D eigenvalue weighted by Crippen LogP contribution is -1.94. The number of aryl methyl sites for hydroxylation is 1. The quantitative estimate of drug-likeness (QED) is 0.943. The molecule has 1 N–H and O–H groups in total. The molecule has 0 atom stereocenters. The summed E-state index contributed by atoms with van der Waals surface area (Å²) in [4.78, 5) is 4.11. The molecule has 0 unspecified atom stereocenters. The van der Waals surface area contributed by atoms with Gasteiger partial charge in [0.25, 0.3) is 0 Å². The third-order valence-corrected chi connectivity index (χ3v) is 2.93. The van der Waals surface area contributed by atoms with Crippen LogP contribution in [0.2, 0.25) is 0 Å². The second-order valence-corrected chi connectivity index (χ2v) is 4.52. The fraction of sp³-hybridized carbons (Fsp3) is 0.154. The number of ether oxygens (including phenoxy) is 1. The average Bonchev–Trinajstić information content (AvgIpc) is 2.33. The van der Waals surface area contributed by atoms with Gasteiger partial charge in [-0.2, -0.15) is 0 Å². The van der Waals surface area contributed by atoms with Crippen molar-refractivity contribution in [3.8, 4) is 11.6 Å². The number of benzene rings is 1. The maximum absolute atomic E-state index is 9.18. The van der Waals surface area contributed by atoms with E-state index >= 15 is 0 Å². The molecule has 0 bridgehead atoms. The van der Waals surface area contributed by atoms with Crippen molar-refractivity contribution < 1.29 is 9.84 Å². The van der Waals surface area contributed by atoms with Gasteiger partial charge in [0.1, 0.15) is 5.75 Å². The average molecular weight is 294 g/mol. The summed E-state index contributed by atoms with van der Waals surface area (Å²) in [5.74, 6) is 1.11.